The highest BCUT2D eigenvalue weighted by Gasteiger charge is 2.12. The van der Waals surface area contributed by atoms with Crippen LogP contribution in [-0.4, -0.2) is 15.2 Å². The molecule has 0 N–H and O–H groups in total. The first-order valence-corrected chi connectivity index (χ1v) is 5.66. The minimum Gasteiger partial charge on any atom is -0.431 e. The first kappa shape index (κ1) is 10.9. The van der Waals surface area contributed by atoms with Gasteiger partial charge in [0.15, 0.2) is 5.58 Å². The van der Waals surface area contributed by atoms with Crippen LogP contribution in [0.15, 0.2) is 27.8 Å². The quantitative estimate of drug-likeness (QED) is 0.466. The van der Waals surface area contributed by atoms with Gasteiger partial charge in [0.25, 0.3) is 10.9 Å². The zero-order valence-corrected chi connectivity index (χ0v) is 9.65. The summed E-state index contributed by atoms with van der Waals surface area (Å²) in [6, 6.07) is 4.42. The minimum atomic E-state index is -0.447. The van der Waals surface area contributed by atoms with E-state index < -0.39 is 4.92 Å². The van der Waals surface area contributed by atoms with Gasteiger partial charge >= 0.3 is 0 Å². The normalized spacial score (nSPS) is 11.2. The molecule has 5 nitrogen and oxygen atoms in total. The molecule has 0 saturated carbocycles. The van der Waals surface area contributed by atoms with Crippen LogP contribution in [0.5, 0.6) is 0 Å². The molecule has 0 unspecified atom stereocenters. The average molecular weight is 238 g/mol. The summed E-state index contributed by atoms with van der Waals surface area (Å²) in [5.41, 5.74) is 1.12. The van der Waals surface area contributed by atoms with Crippen LogP contribution in [0.4, 0.5) is 5.69 Å². The number of nitrogens with zero attached hydrogens (tertiary/aromatic N) is 2. The number of aromatic nitrogens is 1. The molecule has 2 aromatic rings. The van der Waals surface area contributed by atoms with Crippen molar-refractivity contribution in [3.63, 3.8) is 0 Å². The zero-order valence-electron chi connectivity index (χ0n) is 8.84. The van der Waals surface area contributed by atoms with Gasteiger partial charge < -0.3 is 4.42 Å². The number of nitro groups is 1. The molecule has 0 atom stereocenters. The van der Waals surface area contributed by atoms with Gasteiger partial charge in [0, 0.05) is 11.3 Å². The van der Waals surface area contributed by atoms with Crippen molar-refractivity contribution in [3.05, 3.63) is 28.3 Å². The summed E-state index contributed by atoms with van der Waals surface area (Å²) in [5, 5.41) is 11.5. The number of hydrogen-bond acceptors (Lipinski definition) is 5. The smallest absolute Gasteiger partial charge is 0.273 e. The highest BCUT2D eigenvalue weighted by molar-refractivity contribution is 7.99. The Morgan fingerprint density at radius 1 is 1.50 bits per heavy atom. The van der Waals surface area contributed by atoms with Crippen LogP contribution in [0.2, 0.25) is 0 Å². The Kier molecular flexibility index (Phi) is 2.82. The fourth-order valence-electron chi connectivity index (χ4n) is 1.26. The number of fused-ring (bicyclic) bond motifs is 1. The maximum Gasteiger partial charge on any atom is 0.273 e. The molecular weight excluding hydrogens is 228 g/mol. The third kappa shape index (κ3) is 2.16. The van der Waals surface area contributed by atoms with Gasteiger partial charge in [0.1, 0.15) is 5.52 Å². The Hall–Kier alpha value is -1.56. The maximum atomic E-state index is 10.6. The van der Waals surface area contributed by atoms with Crippen molar-refractivity contribution in [2.45, 2.75) is 24.3 Å². The van der Waals surface area contributed by atoms with E-state index in [-0.39, 0.29) is 5.69 Å². The number of oxazole rings is 1. The van der Waals surface area contributed by atoms with Crippen LogP contribution in [-0.2, 0) is 0 Å². The lowest BCUT2D eigenvalue weighted by atomic mass is 10.3. The lowest BCUT2D eigenvalue weighted by Crippen LogP contribution is -1.86. The Balaban J connectivity index is 2.42. The molecule has 84 valence electrons. The van der Waals surface area contributed by atoms with E-state index in [0.29, 0.717) is 21.6 Å². The first-order valence-electron chi connectivity index (χ1n) is 4.78. The Morgan fingerprint density at radius 2 is 2.25 bits per heavy atom. The number of rotatable bonds is 3. The molecule has 0 spiro atoms. The maximum absolute atomic E-state index is 10.6. The van der Waals surface area contributed by atoms with Crippen molar-refractivity contribution in [1.82, 2.24) is 4.98 Å². The Morgan fingerprint density at radius 3 is 2.88 bits per heavy atom. The number of thioether (sulfide) groups is 1. The van der Waals surface area contributed by atoms with E-state index in [0.717, 1.165) is 0 Å². The van der Waals surface area contributed by atoms with Gasteiger partial charge in [-0.05, 0) is 6.07 Å². The number of hydrogen-bond donors (Lipinski definition) is 0. The molecule has 0 bridgehead atoms. The van der Waals surface area contributed by atoms with E-state index in [1.54, 1.807) is 6.07 Å². The molecule has 0 radical (unpaired) electrons. The fourth-order valence-corrected chi connectivity index (χ4v) is 1.95. The van der Waals surface area contributed by atoms with Gasteiger partial charge in [0.2, 0.25) is 0 Å². The summed E-state index contributed by atoms with van der Waals surface area (Å²) in [6.07, 6.45) is 0. The van der Waals surface area contributed by atoms with Crippen LogP contribution < -0.4 is 0 Å². The first-order chi connectivity index (χ1) is 7.56. The molecule has 0 aliphatic carbocycles. The molecule has 0 amide bonds. The number of nitro benzene ring substituents is 1. The number of benzene rings is 1. The predicted octanol–water partition coefficient (Wildman–Crippen LogP) is 3.24. The highest BCUT2D eigenvalue weighted by Crippen LogP contribution is 2.28. The molecule has 0 aliphatic heterocycles. The summed E-state index contributed by atoms with van der Waals surface area (Å²) in [6.45, 7) is 4.06. The zero-order chi connectivity index (χ0) is 11.7. The Bertz CT molecular complexity index is 536. The minimum absolute atomic E-state index is 0.0183. The monoisotopic (exact) mass is 238 g/mol. The summed E-state index contributed by atoms with van der Waals surface area (Å²) < 4.78 is 5.42. The van der Waals surface area contributed by atoms with Crippen LogP contribution >= 0.6 is 11.8 Å². The van der Waals surface area contributed by atoms with Gasteiger partial charge in [-0.3, -0.25) is 10.1 Å². The van der Waals surface area contributed by atoms with Gasteiger partial charge in [0.05, 0.1) is 11.0 Å². The van der Waals surface area contributed by atoms with E-state index in [1.165, 1.54) is 23.9 Å². The van der Waals surface area contributed by atoms with Gasteiger partial charge in [-0.15, -0.1) is 0 Å². The van der Waals surface area contributed by atoms with Crippen molar-refractivity contribution < 1.29 is 9.34 Å². The summed E-state index contributed by atoms with van der Waals surface area (Å²) in [5.74, 6) is 0. The molecule has 0 aliphatic rings. The van der Waals surface area contributed by atoms with E-state index in [4.69, 9.17) is 4.42 Å². The van der Waals surface area contributed by atoms with Crippen LogP contribution in [0.3, 0.4) is 0 Å². The lowest BCUT2D eigenvalue weighted by molar-refractivity contribution is -0.384. The van der Waals surface area contributed by atoms with Crippen molar-refractivity contribution in [3.8, 4) is 0 Å². The third-order valence-corrected chi connectivity index (χ3v) is 2.75. The lowest BCUT2D eigenvalue weighted by Gasteiger charge is -1.96. The second-order valence-corrected chi connectivity index (χ2v) is 5.08. The summed E-state index contributed by atoms with van der Waals surface area (Å²) in [7, 11) is 0. The van der Waals surface area contributed by atoms with E-state index in [9.17, 15) is 10.1 Å². The van der Waals surface area contributed by atoms with E-state index in [2.05, 4.69) is 4.98 Å². The van der Waals surface area contributed by atoms with Gasteiger partial charge in [-0.25, -0.2) is 4.98 Å². The second kappa shape index (κ2) is 4.13. The number of non-ortho nitro benzene ring substituents is 1. The molecule has 1 aromatic heterocycles. The molecule has 0 fully saturated rings. The summed E-state index contributed by atoms with van der Waals surface area (Å²) >= 11 is 1.49. The standard InChI is InChI=1S/C10H10N2O3S/c1-6(2)16-10-11-8-4-3-7(12(13)14)5-9(8)15-10/h3-6H,1-2H3. The molecule has 1 aromatic carbocycles. The molecule has 2 rings (SSSR count). The molecular formula is C10H10N2O3S. The van der Waals surface area contributed by atoms with Crippen molar-refractivity contribution in [1.29, 1.82) is 0 Å². The van der Waals surface area contributed by atoms with Crippen molar-refractivity contribution >= 4 is 28.5 Å². The van der Waals surface area contributed by atoms with E-state index >= 15 is 0 Å². The molecule has 0 saturated heterocycles. The third-order valence-electron chi connectivity index (χ3n) is 1.90. The van der Waals surface area contributed by atoms with Crippen LogP contribution in [0.1, 0.15) is 13.8 Å². The fraction of sp³-hybridized carbons (Fsp3) is 0.300. The molecule has 1 heterocycles. The van der Waals surface area contributed by atoms with Crippen LogP contribution in [0.25, 0.3) is 11.1 Å². The van der Waals surface area contributed by atoms with Crippen molar-refractivity contribution in [2.24, 2.45) is 0 Å². The molecule has 16 heavy (non-hydrogen) atoms. The SMILES string of the molecule is CC(C)Sc1nc2ccc([N+](=O)[O-])cc2o1. The molecule has 6 heteroatoms. The Labute approximate surface area is 96.0 Å². The largest absolute Gasteiger partial charge is 0.431 e. The topological polar surface area (TPSA) is 69.2 Å². The average Bonchev–Trinajstić information content (AvgIpc) is 2.56. The van der Waals surface area contributed by atoms with E-state index in [1.807, 2.05) is 13.8 Å². The predicted molar refractivity (Wildman–Crippen MR) is 61.7 cm³/mol. The van der Waals surface area contributed by atoms with Crippen LogP contribution in [0, 0.1) is 10.1 Å². The highest BCUT2D eigenvalue weighted by atomic mass is 32.2. The van der Waals surface area contributed by atoms with Gasteiger partial charge in [-0.2, -0.15) is 0 Å². The summed E-state index contributed by atoms with van der Waals surface area (Å²) in [4.78, 5) is 14.3. The van der Waals surface area contributed by atoms with Gasteiger partial charge in [-0.1, -0.05) is 25.6 Å². The van der Waals surface area contributed by atoms with Crippen molar-refractivity contribution in [2.75, 3.05) is 0 Å². The second-order valence-electron chi connectivity index (χ2n) is 3.56.